The van der Waals surface area contributed by atoms with E-state index in [4.69, 9.17) is 34.8 Å². The standard InChI is InChI=1S/C17H14Cl3N3O2/c18-12-3-1-2-11(8-12)10-21-23-17(25)7-6-16(24)22-15-9-13(19)4-5-14(15)20/h1-5,8-10H,6-7H2,(H,22,24)(H,23,25)/b21-10-. The lowest BCUT2D eigenvalue weighted by molar-refractivity contribution is -0.124. The van der Waals surface area contributed by atoms with Crippen LogP contribution < -0.4 is 10.7 Å². The largest absolute Gasteiger partial charge is 0.325 e. The van der Waals surface area contributed by atoms with Gasteiger partial charge < -0.3 is 5.32 Å². The second kappa shape index (κ2) is 9.42. The minimum Gasteiger partial charge on any atom is -0.325 e. The van der Waals surface area contributed by atoms with Gasteiger partial charge in [0.2, 0.25) is 11.8 Å². The third kappa shape index (κ3) is 6.74. The zero-order valence-corrected chi connectivity index (χ0v) is 15.2. The molecule has 0 aromatic heterocycles. The fourth-order valence-electron chi connectivity index (χ4n) is 1.85. The Morgan fingerprint density at radius 3 is 2.44 bits per heavy atom. The van der Waals surface area contributed by atoms with E-state index in [2.05, 4.69) is 15.8 Å². The van der Waals surface area contributed by atoms with Crippen molar-refractivity contribution in [1.82, 2.24) is 5.43 Å². The Hall–Kier alpha value is -2.08. The SMILES string of the molecule is O=C(CCC(=O)Nc1cc(Cl)ccc1Cl)N/N=C\c1cccc(Cl)c1. The van der Waals surface area contributed by atoms with Crippen molar-refractivity contribution >= 4 is 58.5 Å². The average Bonchev–Trinajstić information content (AvgIpc) is 2.56. The smallest absolute Gasteiger partial charge is 0.240 e. The fourth-order valence-corrected chi connectivity index (χ4v) is 2.39. The van der Waals surface area contributed by atoms with E-state index in [1.165, 1.54) is 12.3 Å². The maximum atomic E-state index is 11.9. The molecule has 8 heteroatoms. The molecule has 0 unspecified atom stereocenters. The molecule has 5 nitrogen and oxygen atoms in total. The van der Waals surface area contributed by atoms with Crippen molar-refractivity contribution in [1.29, 1.82) is 0 Å². The summed E-state index contributed by atoms with van der Waals surface area (Å²) >= 11 is 17.7. The lowest BCUT2D eigenvalue weighted by atomic mass is 10.2. The summed E-state index contributed by atoms with van der Waals surface area (Å²) in [5.74, 6) is -0.733. The van der Waals surface area contributed by atoms with Gasteiger partial charge in [0.05, 0.1) is 16.9 Å². The molecular formula is C17H14Cl3N3O2. The average molecular weight is 399 g/mol. The van der Waals surface area contributed by atoms with Crippen LogP contribution in [0.15, 0.2) is 47.6 Å². The predicted octanol–water partition coefficient (Wildman–Crippen LogP) is 4.52. The maximum Gasteiger partial charge on any atom is 0.240 e. The third-order valence-electron chi connectivity index (χ3n) is 3.03. The first kappa shape index (κ1) is 19.2. The monoisotopic (exact) mass is 397 g/mol. The highest BCUT2D eigenvalue weighted by Gasteiger charge is 2.09. The number of carbonyl (C=O) groups is 2. The molecule has 25 heavy (non-hydrogen) atoms. The van der Waals surface area contributed by atoms with E-state index < -0.39 is 0 Å². The number of nitrogens with one attached hydrogen (secondary N) is 2. The van der Waals surface area contributed by atoms with Crippen LogP contribution in [0, 0.1) is 0 Å². The van der Waals surface area contributed by atoms with Gasteiger partial charge in [-0.1, -0.05) is 46.9 Å². The molecule has 0 fully saturated rings. The molecule has 2 N–H and O–H groups in total. The number of halogens is 3. The van der Waals surface area contributed by atoms with Gasteiger partial charge in [-0.3, -0.25) is 9.59 Å². The Morgan fingerprint density at radius 1 is 0.960 bits per heavy atom. The van der Waals surface area contributed by atoms with E-state index >= 15 is 0 Å². The van der Waals surface area contributed by atoms with Gasteiger partial charge in [-0.05, 0) is 35.9 Å². The summed E-state index contributed by atoms with van der Waals surface area (Å²) in [6, 6.07) is 11.8. The summed E-state index contributed by atoms with van der Waals surface area (Å²) in [5.41, 5.74) is 3.50. The maximum absolute atomic E-state index is 11.9. The highest BCUT2D eigenvalue weighted by atomic mass is 35.5. The molecule has 0 saturated heterocycles. The van der Waals surface area contributed by atoms with Crippen LogP contribution in [0.5, 0.6) is 0 Å². The van der Waals surface area contributed by atoms with Gasteiger partial charge in [-0.25, -0.2) is 5.43 Å². The Kier molecular flexibility index (Phi) is 7.25. The van der Waals surface area contributed by atoms with Crippen molar-refractivity contribution in [2.24, 2.45) is 5.10 Å². The van der Waals surface area contributed by atoms with Crippen molar-refractivity contribution in [2.75, 3.05) is 5.32 Å². The molecule has 0 bridgehead atoms. The number of amides is 2. The molecule has 0 aliphatic rings. The van der Waals surface area contributed by atoms with E-state index in [1.54, 1.807) is 36.4 Å². The number of carbonyl (C=O) groups excluding carboxylic acids is 2. The van der Waals surface area contributed by atoms with Crippen LogP contribution in [0.1, 0.15) is 18.4 Å². The first-order valence-electron chi connectivity index (χ1n) is 7.26. The van der Waals surface area contributed by atoms with E-state index in [-0.39, 0.29) is 24.7 Å². The van der Waals surface area contributed by atoms with E-state index in [9.17, 15) is 9.59 Å². The zero-order valence-electron chi connectivity index (χ0n) is 12.9. The molecule has 0 atom stereocenters. The van der Waals surface area contributed by atoms with Crippen LogP contribution in [-0.2, 0) is 9.59 Å². The Bertz CT molecular complexity index is 809. The zero-order chi connectivity index (χ0) is 18.2. The van der Waals surface area contributed by atoms with Crippen LogP contribution >= 0.6 is 34.8 Å². The second-order valence-corrected chi connectivity index (χ2v) is 6.30. The molecule has 0 radical (unpaired) electrons. The van der Waals surface area contributed by atoms with Crippen molar-refractivity contribution in [3.8, 4) is 0 Å². The quantitative estimate of drug-likeness (QED) is 0.555. The van der Waals surface area contributed by atoms with Gasteiger partial charge >= 0.3 is 0 Å². The number of anilines is 1. The highest BCUT2D eigenvalue weighted by Crippen LogP contribution is 2.25. The van der Waals surface area contributed by atoms with Crippen molar-refractivity contribution in [3.05, 3.63) is 63.1 Å². The van der Waals surface area contributed by atoms with Gasteiger partial charge in [0, 0.05) is 22.9 Å². The Balaban J connectivity index is 1.77. The summed E-state index contributed by atoms with van der Waals surface area (Å²) < 4.78 is 0. The van der Waals surface area contributed by atoms with E-state index in [0.29, 0.717) is 20.8 Å². The van der Waals surface area contributed by atoms with Crippen molar-refractivity contribution in [2.45, 2.75) is 12.8 Å². The minimum absolute atomic E-state index is 0.0125. The topological polar surface area (TPSA) is 70.6 Å². The third-order valence-corrected chi connectivity index (χ3v) is 3.83. The summed E-state index contributed by atoms with van der Waals surface area (Å²) in [6.45, 7) is 0. The number of rotatable bonds is 6. The number of hydrogen-bond donors (Lipinski definition) is 2. The van der Waals surface area contributed by atoms with Crippen LogP contribution in [-0.4, -0.2) is 18.0 Å². The van der Waals surface area contributed by atoms with Crippen molar-refractivity contribution in [3.63, 3.8) is 0 Å². The number of benzene rings is 2. The van der Waals surface area contributed by atoms with Crippen LogP contribution in [0.2, 0.25) is 15.1 Å². The molecule has 0 saturated carbocycles. The van der Waals surface area contributed by atoms with Crippen LogP contribution in [0.3, 0.4) is 0 Å². The second-order valence-electron chi connectivity index (χ2n) is 5.02. The molecule has 0 spiro atoms. The van der Waals surface area contributed by atoms with Crippen molar-refractivity contribution < 1.29 is 9.59 Å². The van der Waals surface area contributed by atoms with Gasteiger partial charge in [0.15, 0.2) is 0 Å². The van der Waals surface area contributed by atoms with Crippen LogP contribution in [0.4, 0.5) is 5.69 Å². The normalized spacial score (nSPS) is 10.7. The molecular weight excluding hydrogens is 385 g/mol. The first-order chi connectivity index (χ1) is 11.9. The van der Waals surface area contributed by atoms with Gasteiger partial charge in [0.25, 0.3) is 0 Å². The predicted molar refractivity (Wildman–Crippen MR) is 102 cm³/mol. The highest BCUT2D eigenvalue weighted by molar-refractivity contribution is 6.35. The molecule has 2 aromatic rings. The van der Waals surface area contributed by atoms with Gasteiger partial charge in [-0.2, -0.15) is 5.10 Å². The van der Waals surface area contributed by atoms with E-state index in [0.717, 1.165) is 5.56 Å². The molecule has 0 aliphatic carbocycles. The Labute approximate surface area is 160 Å². The summed E-state index contributed by atoms with van der Waals surface area (Å²) in [5, 5.41) is 7.82. The molecule has 2 rings (SSSR count). The minimum atomic E-state index is -0.384. The van der Waals surface area contributed by atoms with Gasteiger partial charge in [0.1, 0.15) is 0 Å². The molecule has 130 valence electrons. The van der Waals surface area contributed by atoms with Crippen LogP contribution in [0.25, 0.3) is 0 Å². The molecule has 0 heterocycles. The van der Waals surface area contributed by atoms with E-state index in [1.807, 2.05) is 0 Å². The number of nitrogens with zero attached hydrogens (tertiary/aromatic N) is 1. The van der Waals surface area contributed by atoms with Gasteiger partial charge in [-0.15, -0.1) is 0 Å². The molecule has 0 aliphatic heterocycles. The number of hydrazone groups is 1. The molecule has 2 amide bonds. The summed E-state index contributed by atoms with van der Waals surface area (Å²) in [7, 11) is 0. The lowest BCUT2D eigenvalue weighted by Crippen LogP contribution is -2.20. The summed E-state index contributed by atoms with van der Waals surface area (Å²) in [6.07, 6.45) is 1.44. The first-order valence-corrected chi connectivity index (χ1v) is 8.40. The fraction of sp³-hybridized carbons (Fsp3) is 0.118. The molecule has 2 aromatic carbocycles. The summed E-state index contributed by atoms with van der Waals surface area (Å²) in [4.78, 5) is 23.6. The lowest BCUT2D eigenvalue weighted by Gasteiger charge is -2.07. The number of hydrogen-bond acceptors (Lipinski definition) is 3. The Morgan fingerprint density at radius 2 is 1.68 bits per heavy atom.